The first kappa shape index (κ1) is 20.7. The molecule has 0 aliphatic rings. The second-order valence-electron chi connectivity index (χ2n) is 6.79. The number of halogens is 1. The lowest BCUT2D eigenvalue weighted by Crippen LogP contribution is -2.36. The molecular weight excluding hydrogens is 366 g/mol. The van der Waals surface area contributed by atoms with Crippen LogP contribution in [0.5, 0.6) is 0 Å². The third-order valence-corrected chi connectivity index (χ3v) is 4.08. The van der Waals surface area contributed by atoms with Crippen LogP contribution in [0.15, 0.2) is 53.5 Å². The van der Waals surface area contributed by atoms with E-state index in [-0.39, 0.29) is 24.0 Å². The summed E-state index contributed by atoms with van der Waals surface area (Å²) >= 11 is 0. The Balaban J connectivity index is 0.00000261. The number of rotatable bonds is 6. The summed E-state index contributed by atoms with van der Waals surface area (Å²) in [6, 6.07) is 12.2. The Morgan fingerprint density at radius 2 is 2.00 bits per heavy atom. The quantitative estimate of drug-likeness (QED) is 0.676. The molecule has 1 amide bonds. The van der Waals surface area contributed by atoms with Crippen molar-refractivity contribution in [1.29, 1.82) is 0 Å². The number of carbonyl (C=O) groups is 1. The third-order valence-electron chi connectivity index (χ3n) is 4.08. The van der Waals surface area contributed by atoms with Crippen LogP contribution in [-0.4, -0.2) is 26.1 Å². The molecule has 0 aliphatic carbocycles. The molecule has 1 atom stereocenters. The summed E-state index contributed by atoms with van der Waals surface area (Å²) < 4.78 is 2.90. The first-order valence-corrected chi connectivity index (χ1v) is 8.63. The average Bonchev–Trinajstić information content (AvgIpc) is 2.91. The molecule has 2 heterocycles. The van der Waals surface area contributed by atoms with Crippen molar-refractivity contribution >= 4 is 29.6 Å². The van der Waals surface area contributed by atoms with Crippen LogP contribution in [0.25, 0.3) is 5.65 Å². The maximum atomic E-state index is 12.4. The van der Waals surface area contributed by atoms with Crippen LogP contribution < -0.4 is 16.7 Å². The lowest BCUT2D eigenvalue weighted by atomic mass is 10.0. The minimum absolute atomic E-state index is 0. The van der Waals surface area contributed by atoms with Crippen molar-refractivity contribution in [3.05, 3.63) is 64.7 Å². The maximum absolute atomic E-state index is 12.4. The molecular formula is C19H24ClN5O2. The fourth-order valence-electron chi connectivity index (χ4n) is 2.84. The highest BCUT2D eigenvalue weighted by Gasteiger charge is 2.15. The van der Waals surface area contributed by atoms with Crippen molar-refractivity contribution in [2.45, 2.75) is 32.9 Å². The van der Waals surface area contributed by atoms with Gasteiger partial charge in [-0.3, -0.25) is 9.20 Å². The van der Waals surface area contributed by atoms with Gasteiger partial charge in [0.2, 0.25) is 5.91 Å². The largest absolute Gasteiger partial charge is 0.350 e. The summed E-state index contributed by atoms with van der Waals surface area (Å²) in [5.74, 6) is 0.143. The van der Waals surface area contributed by atoms with Crippen LogP contribution in [0.3, 0.4) is 0 Å². The Kier molecular flexibility index (Phi) is 6.76. The SMILES string of the molecule is CC(C)C[C@H](N)C(=O)Nc1cccc(Cn2nc3ccccn3c2=O)c1.Cl. The van der Waals surface area contributed by atoms with Gasteiger partial charge in [-0.2, -0.15) is 0 Å². The molecule has 1 aromatic carbocycles. The van der Waals surface area contributed by atoms with E-state index in [1.807, 2.05) is 38.1 Å². The van der Waals surface area contributed by atoms with Gasteiger partial charge in [0.05, 0.1) is 12.6 Å². The molecule has 0 spiro atoms. The van der Waals surface area contributed by atoms with Crippen molar-refractivity contribution in [2.24, 2.45) is 11.7 Å². The van der Waals surface area contributed by atoms with Crippen molar-refractivity contribution < 1.29 is 4.79 Å². The fraction of sp³-hybridized carbons (Fsp3) is 0.316. The van der Waals surface area contributed by atoms with Crippen molar-refractivity contribution in [3.63, 3.8) is 0 Å². The van der Waals surface area contributed by atoms with E-state index in [1.54, 1.807) is 24.4 Å². The number of hydrogen-bond donors (Lipinski definition) is 2. The predicted octanol–water partition coefficient (Wildman–Crippen LogP) is 2.28. The Bertz CT molecular complexity index is 979. The van der Waals surface area contributed by atoms with E-state index in [4.69, 9.17) is 5.73 Å². The first-order chi connectivity index (χ1) is 12.4. The second kappa shape index (κ2) is 8.83. The number of aromatic nitrogens is 3. The predicted molar refractivity (Wildman–Crippen MR) is 108 cm³/mol. The molecule has 0 aliphatic heterocycles. The second-order valence-corrected chi connectivity index (χ2v) is 6.79. The summed E-state index contributed by atoms with van der Waals surface area (Å²) in [6.07, 6.45) is 2.32. The topological polar surface area (TPSA) is 94.4 Å². The number of nitrogens with two attached hydrogens (primary N) is 1. The number of nitrogens with zero attached hydrogens (tertiary/aromatic N) is 3. The number of fused-ring (bicyclic) bond motifs is 1. The third kappa shape index (κ3) is 4.96. The molecule has 0 radical (unpaired) electrons. The summed E-state index contributed by atoms with van der Waals surface area (Å²) in [7, 11) is 0. The number of anilines is 1. The Labute approximate surface area is 163 Å². The number of amides is 1. The van der Waals surface area contributed by atoms with Gasteiger partial charge >= 0.3 is 5.69 Å². The number of pyridine rings is 1. The van der Waals surface area contributed by atoms with Gasteiger partial charge in [0.15, 0.2) is 5.65 Å². The minimum atomic E-state index is -0.542. The van der Waals surface area contributed by atoms with Gasteiger partial charge in [-0.25, -0.2) is 9.48 Å². The molecule has 3 aromatic rings. The molecule has 3 rings (SSSR count). The first-order valence-electron chi connectivity index (χ1n) is 8.63. The Morgan fingerprint density at radius 1 is 1.22 bits per heavy atom. The average molecular weight is 390 g/mol. The standard InChI is InChI=1S/C19H23N5O2.ClH/c1-13(2)10-16(20)18(25)21-15-7-5-6-14(11-15)12-24-19(26)23-9-4-3-8-17(23)22-24;/h3-9,11,13,16H,10,12,20H2,1-2H3,(H,21,25);1H/t16-;/m0./s1. The molecule has 8 heteroatoms. The van der Waals surface area contributed by atoms with Crippen LogP contribution in [-0.2, 0) is 11.3 Å². The van der Waals surface area contributed by atoms with Crippen LogP contribution in [0.2, 0.25) is 0 Å². The summed E-state index contributed by atoms with van der Waals surface area (Å²) in [5, 5.41) is 7.16. The van der Waals surface area contributed by atoms with E-state index in [1.165, 1.54) is 9.08 Å². The molecule has 0 unspecified atom stereocenters. The molecule has 3 N–H and O–H groups in total. The summed E-state index contributed by atoms with van der Waals surface area (Å²) in [6.45, 7) is 4.38. The van der Waals surface area contributed by atoms with Crippen molar-refractivity contribution in [2.75, 3.05) is 5.32 Å². The van der Waals surface area contributed by atoms with Crippen LogP contribution in [0, 0.1) is 5.92 Å². The lowest BCUT2D eigenvalue weighted by Gasteiger charge is -2.14. The number of hydrogen-bond acceptors (Lipinski definition) is 4. The summed E-state index contributed by atoms with van der Waals surface area (Å²) in [5.41, 5.74) is 7.84. The molecule has 144 valence electrons. The highest BCUT2D eigenvalue weighted by molar-refractivity contribution is 5.94. The molecule has 0 saturated heterocycles. The van der Waals surface area contributed by atoms with E-state index < -0.39 is 6.04 Å². The Morgan fingerprint density at radius 3 is 2.70 bits per heavy atom. The van der Waals surface area contributed by atoms with Gasteiger partial charge in [0.25, 0.3) is 0 Å². The zero-order chi connectivity index (χ0) is 18.7. The van der Waals surface area contributed by atoms with Gasteiger partial charge in [-0.15, -0.1) is 17.5 Å². The van der Waals surface area contributed by atoms with Gasteiger partial charge in [-0.1, -0.05) is 32.0 Å². The molecule has 7 nitrogen and oxygen atoms in total. The molecule has 2 aromatic heterocycles. The lowest BCUT2D eigenvalue weighted by molar-refractivity contribution is -0.117. The molecule has 0 bridgehead atoms. The maximum Gasteiger partial charge on any atom is 0.350 e. The van der Waals surface area contributed by atoms with Crippen LogP contribution in [0.4, 0.5) is 5.69 Å². The summed E-state index contributed by atoms with van der Waals surface area (Å²) in [4.78, 5) is 24.5. The van der Waals surface area contributed by atoms with Gasteiger partial charge in [-0.05, 0) is 42.2 Å². The van der Waals surface area contributed by atoms with Crippen molar-refractivity contribution in [1.82, 2.24) is 14.2 Å². The van der Waals surface area contributed by atoms with E-state index in [9.17, 15) is 9.59 Å². The van der Waals surface area contributed by atoms with Gasteiger partial charge < -0.3 is 11.1 Å². The van der Waals surface area contributed by atoms with Crippen molar-refractivity contribution in [3.8, 4) is 0 Å². The van der Waals surface area contributed by atoms with E-state index in [0.717, 1.165) is 5.56 Å². The minimum Gasteiger partial charge on any atom is -0.325 e. The van der Waals surface area contributed by atoms with E-state index >= 15 is 0 Å². The smallest absolute Gasteiger partial charge is 0.325 e. The highest BCUT2D eigenvalue weighted by Crippen LogP contribution is 2.13. The fourth-order valence-corrected chi connectivity index (χ4v) is 2.84. The molecule has 27 heavy (non-hydrogen) atoms. The normalized spacial score (nSPS) is 12.0. The van der Waals surface area contributed by atoms with Crippen LogP contribution in [0.1, 0.15) is 25.8 Å². The van der Waals surface area contributed by atoms with Gasteiger partial charge in [0.1, 0.15) is 0 Å². The zero-order valence-corrected chi connectivity index (χ0v) is 16.1. The van der Waals surface area contributed by atoms with Gasteiger partial charge in [0, 0.05) is 11.9 Å². The molecule has 0 fully saturated rings. The number of nitrogens with one attached hydrogen (secondary N) is 1. The van der Waals surface area contributed by atoms with E-state index in [0.29, 0.717) is 30.2 Å². The van der Waals surface area contributed by atoms with E-state index in [2.05, 4.69) is 10.4 Å². The number of carbonyl (C=O) groups excluding carboxylic acids is 1. The number of benzene rings is 1. The Hall–Kier alpha value is -2.64. The highest BCUT2D eigenvalue weighted by atomic mass is 35.5. The zero-order valence-electron chi connectivity index (χ0n) is 15.3. The van der Waals surface area contributed by atoms with Crippen LogP contribution >= 0.6 is 12.4 Å². The molecule has 0 saturated carbocycles. The monoisotopic (exact) mass is 389 g/mol.